The predicted octanol–water partition coefficient (Wildman–Crippen LogP) is 1.99. The van der Waals surface area contributed by atoms with Gasteiger partial charge in [0, 0.05) is 0 Å². The van der Waals surface area contributed by atoms with Crippen LogP contribution in [-0.2, 0) is 0 Å². The molecule has 1 aromatic rings. The smallest absolute Gasteiger partial charge is 0.0395 e. The van der Waals surface area contributed by atoms with Crippen LogP contribution in [-0.4, -0.2) is 0 Å². The van der Waals surface area contributed by atoms with E-state index < -0.39 is 0 Å². The minimum absolute atomic E-state index is 0.197. The molecular formula is C10H13O-. The average molecular weight is 149 g/mol. The molecule has 0 radical (unpaired) electrons. The van der Waals surface area contributed by atoms with E-state index in [4.69, 9.17) is 0 Å². The second kappa shape index (κ2) is 2.57. The molecule has 0 saturated carbocycles. The molecule has 11 heavy (non-hydrogen) atoms. The van der Waals surface area contributed by atoms with Crippen LogP contribution in [0.1, 0.15) is 22.3 Å². The van der Waals surface area contributed by atoms with Crippen molar-refractivity contribution in [3.63, 3.8) is 0 Å². The maximum Gasteiger partial charge on any atom is -0.0395 e. The third-order valence-corrected chi connectivity index (χ3v) is 2.30. The van der Waals surface area contributed by atoms with Gasteiger partial charge in [-0.25, -0.2) is 0 Å². The van der Waals surface area contributed by atoms with Gasteiger partial charge in [-0.15, -0.1) is 5.75 Å². The van der Waals surface area contributed by atoms with E-state index in [1.54, 1.807) is 0 Å². The van der Waals surface area contributed by atoms with Crippen molar-refractivity contribution < 1.29 is 5.11 Å². The van der Waals surface area contributed by atoms with Gasteiger partial charge in [0.15, 0.2) is 0 Å². The highest BCUT2D eigenvalue weighted by atomic mass is 16.3. The van der Waals surface area contributed by atoms with Crippen molar-refractivity contribution in [1.82, 2.24) is 0 Å². The van der Waals surface area contributed by atoms with E-state index in [1.807, 2.05) is 27.7 Å². The highest BCUT2D eigenvalue weighted by Crippen LogP contribution is 2.24. The summed E-state index contributed by atoms with van der Waals surface area (Å²) < 4.78 is 0. The Bertz CT molecular complexity index is 261. The first-order valence-corrected chi connectivity index (χ1v) is 3.78. The van der Waals surface area contributed by atoms with Crippen LogP contribution in [0.3, 0.4) is 0 Å². The van der Waals surface area contributed by atoms with Gasteiger partial charge in [0.1, 0.15) is 0 Å². The summed E-state index contributed by atoms with van der Waals surface area (Å²) >= 11 is 0. The molecule has 0 aromatic heterocycles. The molecule has 0 aliphatic rings. The third kappa shape index (κ3) is 1.23. The SMILES string of the molecule is Cc1cc(C)c(C)c([O-])c1C. The minimum atomic E-state index is 0.197. The normalized spacial score (nSPS) is 10.2. The minimum Gasteiger partial charge on any atom is -0.872 e. The van der Waals surface area contributed by atoms with Gasteiger partial charge < -0.3 is 5.11 Å². The summed E-state index contributed by atoms with van der Waals surface area (Å²) in [5.74, 6) is 0.197. The van der Waals surface area contributed by atoms with Crippen LogP contribution in [0.2, 0.25) is 0 Å². The van der Waals surface area contributed by atoms with E-state index in [9.17, 15) is 5.11 Å². The molecule has 0 aliphatic heterocycles. The summed E-state index contributed by atoms with van der Waals surface area (Å²) in [7, 11) is 0. The maximum atomic E-state index is 11.4. The Balaban J connectivity index is 3.46. The van der Waals surface area contributed by atoms with Gasteiger partial charge in [0.05, 0.1) is 0 Å². The lowest BCUT2D eigenvalue weighted by Crippen LogP contribution is -2.00. The predicted molar refractivity (Wildman–Crippen MR) is 44.8 cm³/mol. The van der Waals surface area contributed by atoms with Crippen molar-refractivity contribution in [3.8, 4) is 5.75 Å². The van der Waals surface area contributed by atoms with E-state index in [2.05, 4.69) is 6.07 Å². The number of aryl methyl sites for hydroxylation is 2. The number of hydrogen-bond acceptors (Lipinski definition) is 1. The van der Waals surface area contributed by atoms with Gasteiger partial charge in [-0.05, 0) is 38.8 Å². The molecule has 0 bridgehead atoms. The summed E-state index contributed by atoms with van der Waals surface area (Å²) in [6.07, 6.45) is 0. The Labute approximate surface area is 67.7 Å². The quantitative estimate of drug-likeness (QED) is 0.553. The monoisotopic (exact) mass is 149 g/mol. The van der Waals surface area contributed by atoms with Crippen molar-refractivity contribution in [1.29, 1.82) is 0 Å². The molecule has 0 atom stereocenters. The largest absolute Gasteiger partial charge is 0.872 e. The van der Waals surface area contributed by atoms with Gasteiger partial charge in [0.2, 0.25) is 0 Å². The zero-order valence-electron chi connectivity index (χ0n) is 7.49. The fourth-order valence-corrected chi connectivity index (χ4v) is 1.18. The molecule has 0 unspecified atom stereocenters. The first kappa shape index (κ1) is 8.12. The van der Waals surface area contributed by atoms with E-state index in [-0.39, 0.29) is 5.75 Å². The first-order valence-electron chi connectivity index (χ1n) is 3.78. The van der Waals surface area contributed by atoms with Crippen molar-refractivity contribution >= 4 is 0 Å². The van der Waals surface area contributed by atoms with Crippen molar-refractivity contribution in [3.05, 3.63) is 28.3 Å². The standard InChI is InChI=1S/C10H14O/c1-6-5-7(2)9(4)10(11)8(6)3/h5,11H,1-4H3/p-1. The van der Waals surface area contributed by atoms with E-state index in [0.717, 1.165) is 22.3 Å². The third-order valence-electron chi connectivity index (χ3n) is 2.30. The topological polar surface area (TPSA) is 23.1 Å². The molecule has 0 amide bonds. The fraction of sp³-hybridized carbons (Fsp3) is 0.400. The molecular weight excluding hydrogens is 136 g/mol. The lowest BCUT2D eigenvalue weighted by molar-refractivity contribution is -0.270. The summed E-state index contributed by atoms with van der Waals surface area (Å²) in [5, 5.41) is 11.4. The number of rotatable bonds is 0. The lowest BCUT2D eigenvalue weighted by atomic mass is 10.0. The Hall–Kier alpha value is -0.980. The Morgan fingerprint density at radius 3 is 1.64 bits per heavy atom. The lowest BCUT2D eigenvalue weighted by Gasteiger charge is -2.18. The molecule has 0 aliphatic carbocycles. The second-order valence-corrected chi connectivity index (χ2v) is 3.09. The van der Waals surface area contributed by atoms with Crippen LogP contribution in [0.4, 0.5) is 0 Å². The van der Waals surface area contributed by atoms with Crippen LogP contribution in [0.25, 0.3) is 0 Å². The van der Waals surface area contributed by atoms with Gasteiger partial charge >= 0.3 is 0 Å². The molecule has 1 rings (SSSR count). The molecule has 1 heteroatoms. The zero-order valence-corrected chi connectivity index (χ0v) is 7.49. The van der Waals surface area contributed by atoms with Crippen LogP contribution in [0.5, 0.6) is 5.75 Å². The molecule has 1 nitrogen and oxygen atoms in total. The highest BCUT2D eigenvalue weighted by Gasteiger charge is 1.98. The molecule has 0 N–H and O–H groups in total. The molecule has 0 spiro atoms. The molecule has 0 heterocycles. The first-order chi connectivity index (χ1) is 5.04. The van der Waals surface area contributed by atoms with Crippen molar-refractivity contribution in [2.45, 2.75) is 27.7 Å². The summed E-state index contributed by atoms with van der Waals surface area (Å²) in [6.45, 7) is 7.71. The van der Waals surface area contributed by atoms with Gasteiger partial charge in [-0.2, -0.15) is 0 Å². The summed E-state index contributed by atoms with van der Waals surface area (Å²) in [5.41, 5.74) is 3.96. The van der Waals surface area contributed by atoms with Gasteiger partial charge in [0.25, 0.3) is 0 Å². The van der Waals surface area contributed by atoms with Crippen LogP contribution < -0.4 is 5.11 Å². The van der Waals surface area contributed by atoms with Crippen LogP contribution >= 0.6 is 0 Å². The number of benzene rings is 1. The van der Waals surface area contributed by atoms with Crippen LogP contribution in [0.15, 0.2) is 6.07 Å². The molecule has 0 fully saturated rings. The van der Waals surface area contributed by atoms with Gasteiger partial charge in [-0.3, -0.25) is 0 Å². The Morgan fingerprint density at radius 1 is 0.909 bits per heavy atom. The van der Waals surface area contributed by atoms with Crippen molar-refractivity contribution in [2.75, 3.05) is 0 Å². The molecule has 60 valence electrons. The average Bonchev–Trinajstić information content (AvgIpc) is 1.97. The highest BCUT2D eigenvalue weighted by molar-refractivity contribution is 5.46. The second-order valence-electron chi connectivity index (χ2n) is 3.09. The fourth-order valence-electron chi connectivity index (χ4n) is 1.18. The van der Waals surface area contributed by atoms with Crippen LogP contribution in [0, 0.1) is 27.7 Å². The number of hydrogen-bond donors (Lipinski definition) is 0. The van der Waals surface area contributed by atoms with E-state index in [1.165, 1.54) is 0 Å². The van der Waals surface area contributed by atoms with E-state index >= 15 is 0 Å². The Kier molecular flexibility index (Phi) is 1.90. The van der Waals surface area contributed by atoms with Crippen molar-refractivity contribution in [2.24, 2.45) is 0 Å². The zero-order chi connectivity index (χ0) is 8.59. The maximum absolute atomic E-state index is 11.4. The molecule has 1 aromatic carbocycles. The summed E-state index contributed by atoms with van der Waals surface area (Å²) in [4.78, 5) is 0. The summed E-state index contributed by atoms with van der Waals surface area (Å²) in [6, 6.07) is 2.06. The molecule has 0 saturated heterocycles. The van der Waals surface area contributed by atoms with E-state index in [0.29, 0.717) is 0 Å². The van der Waals surface area contributed by atoms with Gasteiger partial charge in [-0.1, -0.05) is 17.2 Å². The Morgan fingerprint density at radius 2 is 1.27 bits per heavy atom.